The molecule has 0 saturated heterocycles. The monoisotopic (exact) mass is 329 g/mol. The molecule has 116 valence electrons. The van der Waals surface area contributed by atoms with Gasteiger partial charge in [0.05, 0.1) is 11.2 Å². The fraction of sp³-hybridized carbons (Fsp3) is 0.0909. The quantitative estimate of drug-likeness (QED) is 0.505. The topological polar surface area (TPSA) is 4.93 Å². The van der Waals surface area contributed by atoms with Crippen LogP contribution < -0.4 is 0 Å². The van der Waals surface area contributed by atoms with E-state index in [0.29, 0.717) is 11.8 Å². The molecule has 0 spiro atoms. The van der Waals surface area contributed by atoms with Gasteiger partial charge in [-0.25, -0.2) is 0 Å². The van der Waals surface area contributed by atoms with Crippen molar-refractivity contribution in [1.82, 2.24) is 4.57 Å². The molecule has 0 saturated carbocycles. The number of hydrogen-bond acceptors (Lipinski definition) is 0. The smallest absolute Gasteiger partial charge is 0.0537 e. The normalized spacial score (nSPS) is 21.0. The molecule has 1 nitrogen and oxygen atoms in total. The van der Waals surface area contributed by atoms with Crippen molar-refractivity contribution in [2.75, 3.05) is 0 Å². The van der Waals surface area contributed by atoms with Gasteiger partial charge in [-0.15, -0.1) is 0 Å². The maximum atomic E-state index is 6.09. The third kappa shape index (κ3) is 1.95. The molecule has 1 aromatic heterocycles. The third-order valence-corrected chi connectivity index (χ3v) is 5.28. The number of halogens is 1. The summed E-state index contributed by atoms with van der Waals surface area (Å²) in [7, 11) is 0. The first-order valence-electron chi connectivity index (χ1n) is 8.25. The van der Waals surface area contributed by atoms with Gasteiger partial charge in [-0.2, -0.15) is 0 Å². The van der Waals surface area contributed by atoms with E-state index >= 15 is 0 Å². The van der Waals surface area contributed by atoms with Crippen molar-refractivity contribution in [3.05, 3.63) is 95.2 Å². The fourth-order valence-corrected chi connectivity index (χ4v) is 4.09. The molecule has 5 rings (SSSR count). The fourth-order valence-electron chi connectivity index (χ4n) is 3.97. The Hall–Kier alpha value is -2.51. The Morgan fingerprint density at radius 2 is 1.62 bits per heavy atom. The van der Waals surface area contributed by atoms with Gasteiger partial charge in [-0.1, -0.05) is 60.2 Å². The lowest BCUT2D eigenvalue weighted by Gasteiger charge is -2.26. The Morgan fingerprint density at radius 3 is 2.50 bits per heavy atom. The van der Waals surface area contributed by atoms with E-state index in [2.05, 4.69) is 77.4 Å². The second kappa shape index (κ2) is 5.25. The highest BCUT2D eigenvalue weighted by molar-refractivity contribution is 6.30. The van der Waals surface area contributed by atoms with E-state index in [1.165, 1.54) is 22.2 Å². The summed E-state index contributed by atoms with van der Waals surface area (Å²) in [4.78, 5) is 0. The van der Waals surface area contributed by atoms with Gasteiger partial charge in [-0.05, 0) is 42.0 Å². The Kier molecular flexibility index (Phi) is 3.04. The number of aromatic nitrogens is 1. The molecule has 2 heteroatoms. The largest absolute Gasteiger partial charge is 0.310 e. The van der Waals surface area contributed by atoms with Crippen LogP contribution in [0.5, 0.6) is 0 Å². The van der Waals surface area contributed by atoms with Gasteiger partial charge in [0.2, 0.25) is 0 Å². The first-order chi connectivity index (χ1) is 11.8. The number of fused-ring (bicyclic) bond motifs is 5. The molecule has 2 atom stereocenters. The minimum atomic E-state index is 0.411. The highest BCUT2D eigenvalue weighted by atomic mass is 35.5. The predicted octanol–water partition coefficient (Wildman–Crippen LogP) is 6.14. The Labute approximate surface area is 146 Å². The van der Waals surface area contributed by atoms with Crippen LogP contribution >= 0.6 is 11.6 Å². The lowest BCUT2D eigenvalue weighted by atomic mass is 9.78. The molecule has 0 aliphatic heterocycles. The highest BCUT2D eigenvalue weighted by Gasteiger charge is 2.29. The van der Waals surface area contributed by atoms with Gasteiger partial charge in [0, 0.05) is 27.9 Å². The average molecular weight is 330 g/mol. The van der Waals surface area contributed by atoms with Crippen LogP contribution in [0.2, 0.25) is 5.02 Å². The van der Waals surface area contributed by atoms with E-state index in [9.17, 15) is 0 Å². The molecule has 2 aliphatic carbocycles. The van der Waals surface area contributed by atoms with Crippen LogP contribution in [0.1, 0.15) is 17.2 Å². The number of benzene rings is 2. The molecule has 2 aromatic carbocycles. The van der Waals surface area contributed by atoms with Crippen molar-refractivity contribution >= 4 is 28.6 Å². The lowest BCUT2D eigenvalue weighted by Crippen LogP contribution is -2.13. The first kappa shape index (κ1) is 13.9. The molecule has 0 radical (unpaired) electrons. The van der Waals surface area contributed by atoms with E-state index in [1.807, 2.05) is 12.1 Å². The van der Waals surface area contributed by atoms with Crippen LogP contribution in [-0.4, -0.2) is 4.57 Å². The summed E-state index contributed by atoms with van der Waals surface area (Å²) in [5.41, 5.74) is 5.10. The SMILES string of the molecule is Clc1ccc(-n2c3c(c4ccccc42)C2C=CC=CC2C=C3)cc1. The van der Waals surface area contributed by atoms with Crippen LogP contribution in [0.25, 0.3) is 22.7 Å². The summed E-state index contributed by atoms with van der Waals surface area (Å²) < 4.78 is 2.35. The van der Waals surface area contributed by atoms with E-state index in [0.717, 1.165) is 10.7 Å². The van der Waals surface area contributed by atoms with Crippen LogP contribution in [0, 0.1) is 5.92 Å². The van der Waals surface area contributed by atoms with E-state index in [4.69, 9.17) is 11.6 Å². The van der Waals surface area contributed by atoms with Gasteiger partial charge >= 0.3 is 0 Å². The minimum absolute atomic E-state index is 0.411. The van der Waals surface area contributed by atoms with Gasteiger partial charge in [0.15, 0.2) is 0 Å². The number of rotatable bonds is 1. The Bertz CT molecular complexity index is 1020. The van der Waals surface area contributed by atoms with E-state index in [-0.39, 0.29) is 0 Å². The molecule has 2 aliphatic rings. The predicted molar refractivity (Wildman–Crippen MR) is 102 cm³/mol. The zero-order valence-electron chi connectivity index (χ0n) is 13.1. The van der Waals surface area contributed by atoms with E-state index in [1.54, 1.807) is 0 Å². The van der Waals surface area contributed by atoms with Crippen molar-refractivity contribution in [1.29, 1.82) is 0 Å². The Balaban J connectivity index is 1.85. The van der Waals surface area contributed by atoms with Crippen LogP contribution in [0.3, 0.4) is 0 Å². The second-order valence-electron chi connectivity index (χ2n) is 6.36. The molecular weight excluding hydrogens is 314 g/mol. The average Bonchev–Trinajstić information content (AvgIpc) is 2.97. The number of nitrogens with zero attached hydrogens (tertiary/aromatic N) is 1. The molecule has 3 aromatic rings. The van der Waals surface area contributed by atoms with Crippen molar-refractivity contribution < 1.29 is 0 Å². The van der Waals surface area contributed by atoms with Crippen molar-refractivity contribution in [3.63, 3.8) is 0 Å². The lowest BCUT2D eigenvalue weighted by molar-refractivity contribution is 0.693. The van der Waals surface area contributed by atoms with Crippen LogP contribution in [0.15, 0.2) is 78.9 Å². The van der Waals surface area contributed by atoms with Gasteiger partial charge in [0.1, 0.15) is 0 Å². The van der Waals surface area contributed by atoms with Crippen molar-refractivity contribution in [2.24, 2.45) is 5.92 Å². The summed E-state index contributed by atoms with van der Waals surface area (Å²) >= 11 is 6.09. The number of allylic oxidation sites excluding steroid dienone is 5. The van der Waals surface area contributed by atoms with Gasteiger partial charge in [0.25, 0.3) is 0 Å². The molecule has 0 N–H and O–H groups in total. The highest BCUT2D eigenvalue weighted by Crippen LogP contribution is 2.44. The van der Waals surface area contributed by atoms with Crippen molar-refractivity contribution in [3.8, 4) is 5.69 Å². The molecular formula is C22H16ClN. The summed E-state index contributed by atoms with van der Waals surface area (Å²) in [5, 5.41) is 2.10. The Morgan fingerprint density at radius 1 is 0.833 bits per heavy atom. The second-order valence-corrected chi connectivity index (χ2v) is 6.80. The molecule has 24 heavy (non-hydrogen) atoms. The zero-order chi connectivity index (χ0) is 16.1. The third-order valence-electron chi connectivity index (χ3n) is 5.02. The maximum absolute atomic E-state index is 6.09. The maximum Gasteiger partial charge on any atom is 0.0537 e. The summed E-state index contributed by atoms with van der Waals surface area (Å²) in [6.45, 7) is 0. The number of para-hydroxylation sites is 1. The van der Waals surface area contributed by atoms with Gasteiger partial charge in [-0.3, -0.25) is 0 Å². The summed E-state index contributed by atoms with van der Waals surface area (Å²) in [6.07, 6.45) is 13.5. The van der Waals surface area contributed by atoms with E-state index < -0.39 is 0 Å². The minimum Gasteiger partial charge on any atom is -0.310 e. The van der Waals surface area contributed by atoms with Gasteiger partial charge < -0.3 is 4.57 Å². The molecule has 2 unspecified atom stereocenters. The number of hydrogen-bond donors (Lipinski definition) is 0. The summed E-state index contributed by atoms with van der Waals surface area (Å²) in [5.74, 6) is 0.862. The first-order valence-corrected chi connectivity index (χ1v) is 8.63. The van der Waals surface area contributed by atoms with Crippen LogP contribution in [0.4, 0.5) is 0 Å². The molecule has 0 bridgehead atoms. The molecule has 0 fully saturated rings. The standard InChI is InChI=1S/C22H16ClN/c23-16-10-12-17(13-11-16)24-20-8-4-3-7-19(20)22-18-6-2-1-5-15(18)9-14-21(22)24/h1-15,18H. The zero-order valence-corrected chi connectivity index (χ0v) is 13.8. The van der Waals surface area contributed by atoms with Crippen LogP contribution in [-0.2, 0) is 0 Å². The molecule has 0 amide bonds. The van der Waals surface area contributed by atoms with Crippen molar-refractivity contribution in [2.45, 2.75) is 5.92 Å². The molecule has 1 heterocycles. The summed E-state index contributed by atoms with van der Waals surface area (Å²) in [6, 6.07) is 16.8.